The number of hydrogen-bond acceptors (Lipinski definition) is 4. The normalized spacial score (nSPS) is 17.3. The number of methoxy groups -OCH3 is 1. The number of hydrogen-bond donors (Lipinski definition) is 1. The molecule has 1 aliphatic carbocycles. The van der Waals surface area contributed by atoms with Gasteiger partial charge in [-0.2, -0.15) is 0 Å². The smallest absolute Gasteiger partial charge is 0.315 e. The Morgan fingerprint density at radius 3 is 3.06 bits per heavy atom. The van der Waals surface area contributed by atoms with E-state index in [4.69, 9.17) is 0 Å². The van der Waals surface area contributed by atoms with E-state index in [9.17, 15) is 9.90 Å². The van der Waals surface area contributed by atoms with Crippen LogP contribution < -0.4 is 0 Å². The number of phenolic OH excluding ortho intramolecular Hbond substituents is 1. The Labute approximate surface area is 111 Å². The van der Waals surface area contributed by atoms with E-state index >= 15 is 0 Å². The molecule has 0 bridgehead atoms. The topological polar surface area (TPSA) is 46.5 Å². The zero-order valence-electron chi connectivity index (χ0n) is 10.5. The number of benzene rings is 1. The van der Waals surface area contributed by atoms with Crippen LogP contribution in [0.1, 0.15) is 16.7 Å². The predicted molar refractivity (Wildman–Crippen MR) is 73.8 cm³/mol. The third-order valence-electron chi connectivity index (χ3n) is 3.01. The SMILES string of the molecule is COC(=O)CS[C@H]1C=Cc2cc(C)c(O)cc2C1. The van der Waals surface area contributed by atoms with Crippen LogP contribution in [0.3, 0.4) is 0 Å². The average Bonchev–Trinajstić information content (AvgIpc) is 2.37. The highest BCUT2D eigenvalue weighted by molar-refractivity contribution is 8.00. The van der Waals surface area contributed by atoms with Crippen molar-refractivity contribution in [3.05, 3.63) is 34.9 Å². The van der Waals surface area contributed by atoms with E-state index in [0.717, 1.165) is 23.1 Å². The van der Waals surface area contributed by atoms with Crippen molar-refractivity contribution in [2.75, 3.05) is 12.9 Å². The van der Waals surface area contributed by atoms with E-state index in [-0.39, 0.29) is 11.2 Å². The largest absolute Gasteiger partial charge is 0.508 e. The van der Waals surface area contributed by atoms with E-state index in [0.29, 0.717) is 11.5 Å². The lowest BCUT2D eigenvalue weighted by Crippen LogP contribution is -2.13. The molecular formula is C14H16O3S. The summed E-state index contributed by atoms with van der Waals surface area (Å²) in [7, 11) is 1.40. The number of rotatable bonds is 3. The molecule has 1 aromatic carbocycles. The number of ether oxygens (including phenoxy) is 1. The van der Waals surface area contributed by atoms with Gasteiger partial charge in [-0.15, -0.1) is 11.8 Å². The molecule has 1 aliphatic rings. The molecule has 96 valence electrons. The second-order valence-corrected chi connectivity index (χ2v) is 5.55. The van der Waals surface area contributed by atoms with Crippen molar-refractivity contribution < 1.29 is 14.6 Å². The van der Waals surface area contributed by atoms with Crippen LogP contribution in [0.5, 0.6) is 5.75 Å². The van der Waals surface area contributed by atoms with Crippen LogP contribution in [0.15, 0.2) is 18.2 Å². The highest BCUT2D eigenvalue weighted by Gasteiger charge is 2.17. The maximum absolute atomic E-state index is 11.1. The minimum Gasteiger partial charge on any atom is -0.508 e. The van der Waals surface area contributed by atoms with Crippen LogP contribution in [-0.2, 0) is 16.0 Å². The molecule has 0 amide bonds. The van der Waals surface area contributed by atoms with Crippen molar-refractivity contribution in [2.45, 2.75) is 18.6 Å². The average molecular weight is 264 g/mol. The van der Waals surface area contributed by atoms with Gasteiger partial charge < -0.3 is 9.84 Å². The zero-order valence-corrected chi connectivity index (χ0v) is 11.3. The number of esters is 1. The van der Waals surface area contributed by atoms with Crippen LogP contribution in [0.2, 0.25) is 0 Å². The zero-order chi connectivity index (χ0) is 13.1. The molecule has 18 heavy (non-hydrogen) atoms. The third kappa shape index (κ3) is 2.88. The summed E-state index contributed by atoms with van der Waals surface area (Å²) in [5, 5.41) is 9.98. The Bertz CT molecular complexity index is 494. The van der Waals surface area contributed by atoms with Crippen molar-refractivity contribution in [3.8, 4) is 5.75 Å². The first kappa shape index (κ1) is 13.0. The summed E-state index contributed by atoms with van der Waals surface area (Å²) in [4.78, 5) is 11.1. The molecular weight excluding hydrogens is 248 g/mol. The lowest BCUT2D eigenvalue weighted by atomic mass is 9.95. The third-order valence-corrected chi connectivity index (χ3v) is 4.17. The minimum absolute atomic E-state index is 0.203. The lowest BCUT2D eigenvalue weighted by molar-refractivity contribution is -0.137. The molecule has 1 atom stereocenters. The molecule has 1 N–H and O–H groups in total. The molecule has 3 nitrogen and oxygen atoms in total. The molecule has 0 saturated heterocycles. The molecule has 0 saturated carbocycles. The molecule has 2 rings (SSSR count). The summed E-state index contributed by atoms with van der Waals surface area (Å²) >= 11 is 1.56. The molecule has 4 heteroatoms. The Morgan fingerprint density at radius 2 is 2.33 bits per heavy atom. The quantitative estimate of drug-likeness (QED) is 0.852. The van der Waals surface area contributed by atoms with Crippen molar-refractivity contribution >= 4 is 23.8 Å². The molecule has 0 heterocycles. The molecule has 0 spiro atoms. The van der Waals surface area contributed by atoms with Crippen molar-refractivity contribution in [3.63, 3.8) is 0 Å². The fourth-order valence-electron chi connectivity index (χ4n) is 1.94. The van der Waals surface area contributed by atoms with Gasteiger partial charge in [0.15, 0.2) is 0 Å². The summed E-state index contributed by atoms with van der Waals surface area (Å²) in [6.07, 6.45) is 4.99. The first-order valence-corrected chi connectivity index (χ1v) is 6.84. The van der Waals surface area contributed by atoms with E-state index < -0.39 is 0 Å². The Hall–Kier alpha value is -1.42. The summed E-state index contributed by atoms with van der Waals surface area (Å²) in [5.41, 5.74) is 3.17. The Balaban J connectivity index is 2.06. The van der Waals surface area contributed by atoms with Gasteiger partial charge in [-0.05, 0) is 42.2 Å². The van der Waals surface area contributed by atoms with Crippen molar-refractivity contribution in [1.29, 1.82) is 0 Å². The Kier molecular flexibility index (Phi) is 3.97. The van der Waals surface area contributed by atoms with Gasteiger partial charge in [0.05, 0.1) is 12.9 Å². The minimum atomic E-state index is -0.203. The number of aromatic hydroxyl groups is 1. The Morgan fingerprint density at radius 1 is 1.56 bits per heavy atom. The summed E-state index contributed by atoms with van der Waals surface area (Å²) < 4.78 is 4.62. The van der Waals surface area contributed by atoms with Gasteiger partial charge >= 0.3 is 5.97 Å². The number of fused-ring (bicyclic) bond motifs is 1. The maximum Gasteiger partial charge on any atom is 0.315 e. The number of thioether (sulfide) groups is 1. The molecule has 0 radical (unpaired) electrons. The van der Waals surface area contributed by atoms with Gasteiger partial charge in [0, 0.05) is 5.25 Å². The highest BCUT2D eigenvalue weighted by atomic mass is 32.2. The van der Waals surface area contributed by atoms with Crippen molar-refractivity contribution in [1.82, 2.24) is 0 Å². The van der Waals surface area contributed by atoms with E-state index in [1.54, 1.807) is 11.8 Å². The van der Waals surface area contributed by atoms with Gasteiger partial charge in [-0.1, -0.05) is 12.2 Å². The summed E-state index contributed by atoms with van der Waals surface area (Å²) in [5.74, 6) is 0.491. The second-order valence-electron chi connectivity index (χ2n) is 4.33. The van der Waals surface area contributed by atoms with Crippen LogP contribution in [-0.4, -0.2) is 29.2 Å². The summed E-state index contributed by atoms with van der Waals surface area (Å²) in [6, 6.07) is 3.81. The van der Waals surface area contributed by atoms with Crippen LogP contribution in [0.4, 0.5) is 0 Å². The standard InChI is InChI=1S/C14H16O3S/c1-9-5-10-3-4-12(18-8-14(16)17-2)6-11(10)7-13(9)15/h3-5,7,12,15H,6,8H2,1-2H3/t12-/m0/s1. The van der Waals surface area contributed by atoms with Crippen LogP contribution in [0, 0.1) is 6.92 Å². The first-order chi connectivity index (χ1) is 8.60. The number of carbonyl (C=O) groups is 1. The fourth-order valence-corrected chi connectivity index (χ4v) is 2.89. The fraction of sp³-hybridized carbons (Fsp3) is 0.357. The number of aryl methyl sites for hydroxylation is 1. The second kappa shape index (κ2) is 5.48. The molecule has 1 aromatic rings. The van der Waals surface area contributed by atoms with Crippen molar-refractivity contribution in [2.24, 2.45) is 0 Å². The predicted octanol–water partition coefficient (Wildman–Crippen LogP) is 2.54. The first-order valence-electron chi connectivity index (χ1n) is 5.79. The molecule has 0 aromatic heterocycles. The molecule has 0 fully saturated rings. The maximum atomic E-state index is 11.1. The summed E-state index contributed by atoms with van der Waals surface area (Å²) in [6.45, 7) is 1.89. The number of phenols is 1. The van der Waals surface area contributed by atoms with Crippen LogP contribution >= 0.6 is 11.8 Å². The van der Waals surface area contributed by atoms with E-state index in [1.807, 2.05) is 19.1 Å². The van der Waals surface area contributed by atoms with Crippen LogP contribution in [0.25, 0.3) is 6.08 Å². The number of carbonyl (C=O) groups excluding carboxylic acids is 1. The lowest BCUT2D eigenvalue weighted by Gasteiger charge is -2.19. The van der Waals surface area contributed by atoms with Gasteiger partial charge in [0.25, 0.3) is 0 Å². The van der Waals surface area contributed by atoms with Gasteiger partial charge in [-0.3, -0.25) is 4.79 Å². The van der Waals surface area contributed by atoms with E-state index in [1.165, 1.54) is 7.11 Å². The van der Waals surface area contributed by atoms with Gasteiger partial charge in [-0.25, -0.2) is 0 Å². The van der Waals surface area contributed by atoms with Gasteiger partial charge in [0.1, 0.15) is 5.75 Å². The van der Waals surface area contributed by atoms with E-state index in [2.05, 4.69) is 16.9 Å². The molecule has 0 aliphatic heterocycles. The molecule has 0 unspecified atom stereocenters. The monoisotopic (exact) mass is 264 g/mol. The highest BCUT2D eigenvalue weighted by Crippen LogP contribution is 2.30. The van der Waals surface area contributed by atoms with Gasteiger partial charge in [0.2, 0.25) is 0 Å².